The Bertz CT molecular complexity index is 362. The number of hydrogen-bond donors (Lipinski definition) is 5. The van der Waals surface area contributed by atoms with Crippen LogP contribution in [-0.2, 0) is 4.79 Å². The van der Waals surface area contributed by atoms with E-state index in [-0.39, 0.29) is 17.9 Å². The third-order valence-electron chi connectivity index (χ3n) is 3.70. The van der Waals surface area contributed by atoms with Crippen molar-refractivity contribution in [2.75, 3.05) is 6.54 Å². The first-order chi connectivity index (χ1) is 9.79. The number of aliphatic hydroxyl groups excluding tert-OH is 1. The van der Waals surface area contributed by atoms with Crippen molar-refractivity contribution in [3.63, 3.8) is 0 Å². The monoisotopic (exact) mass is 301 g/mol. The van der Waals surface area contributed by atoms with Crippen molar-refractivity contribution in [2.24, 2.45) is 5.92 Å². The molecule has 0 bridgehead atoms. The number of amides is 2. The molecule has 0 aromatic carbocycles. The van der Waals surface area contributed by atoms with Crippen LogP contribution in [0.1, 0.15) is 40.0 Å². The molecule has 1 heterocycles. The standard InChI is InChI=1S/C14H27N3O4/c1-8(2)6-11(17-14(20)21)13(19)16-10-5-4-9(3)15-7-12(10)18/h8-12,15,17-18H,4-7H2,1-3H3,(H,16,19)(H,20,21)/t9-,10+,11-,12-/m0/s1. The molecule has 0 saturated carbocycles. The van der Waals surface area contributed by atoms with Crippen LogP contribution in [0.25, 0.3) is 0 Å². The second-order valence-electron chi connectivity index (χ2n) is 6.20. The van der Waals surface area contributed by atoms with Crippen molar-refractivity contribution >= 4 is 12.0 Å². The summed E-state index contributed by atoms with van der Waals surface area (Å²) in [5, 5.41) is 27.1. The van der Waals surface area contributed by atoms with Gasteiger partial charge in [0.2, 0.25) is 5.91 Å². The van der Waals surface area contributed by atoms with Gasteiger partial charge in [-0.25, -0.2) is 4.79 Å². The highest BCUT2D eigenvalue weighted by Crippen LogP contribution is 2.12. The highest BCUT2D eigenvalue weighted by Gasteiger charge is 2.29. The number of β-amino-alcohol motifs (C(OH)–C–C–N with tert-alkyl or cyclic N) is 1. The van der Waals surface area contributed by atoms with Gasteiger partial charge in [-0.3, -0.25) is 4.79 Å². The Morgan fingerprint density at radius 2 is 2.00 bits per heavy atom. The fourth-order valence-electron chi connectivity index (χ4n) is 2.49. The SMILES string of the molecule is CC(C)C[C@H](NC(=O)O)C(=O)N[C@@H]1CC[C@H](C)NC[C@@H]1O. The highest BCUT2D eigenvalue weighted by atomic mass is 16.4. The molecule has 0 aliphatic carbocycles. The predicted molar refractivity (Wildman–Crippen MR) is 79.0 cm³/mol. The van der Waals surface area contributed by atoms with Gasteiger partial charge in [0, 0.05) is 12.6 Å². The van der Waals surface area contributed by atoms with Crippen LogP contribution in [-0.4, -0.2) is 53.0 Å². The van der Waals surface area contributed by atoms with E-state index in [0.29, 0.717) is 25.4 Å². The number of hydrogen-bond acceptors (Lipinski definition) is 4. The number of carboxylic acid groups (broad SMARTS) is 1. The molecule has 1 fully saturated rings. The molecule has 0 radical (unpaired) electrons. The van der Waals surface area contributed by atoms with Gasteiger partial charge in [0.05, 0.1) is 12.1 Å². The van der Waals surface area contributed by atoms with Crippen LogP contribution >= 0.6 is 0 Å². The van der Waals surface area contributed by atoms with E-state index in [9.17, 15) is 14.7 Å². The van der Waals surface area contributed by atoms with E-state index in [4.69, 9.17) is 5.11 Å². The second kappa shape index (κ2) is 8.19. The van der Waals surface area contributed by atoms with Crippen LogP contribution in [0.5, 0.6) is 0 Å². The van der Waals surface area contributed by atoms with Gasteiger partial charge in [-0.15, -0.1) is 0 Å². The van der Waals surface area contributed by atoms with Gasteiger partial charge in [-0.2, -0.15) is 0 Å². The maximum absolute atomic E-state index is 12.3. The van der Waals surface area contributed by atoms with E-state index >= 15 is 0 Å². The molecular formula is C14H27N3O4. The van der Waals surface area contributed by atoms with Crippen LogP contribution in [0.2, 0.25) is 0 Å². The minimum Gasteiger partial charge on any atom is -0.465 e. The molecule has 7 heteroatoms. The zero-order valence-corrected chi connectivity index (χ0v) is 12.9. The van der Waals surface area contributed by atoms with Gasteiger partial charge in [0.25, 0.3) is 0 Å². The lowest BCUT2D eigenvalue weighted by molar-refractivity contribution is -0.125. The molecule has 0 spiro atoms. The first kappa shape index (κ1) is 17.7. The lowest BCUT2D eigenvalue weighted by Crippen LogP contribution is -2.53. The Balaban J connectivity index is 2.63. The fourth-order valence-corrected chi connectivity index (χ4v) is 2.49. The minimum absolute atomic E-state index is 0.188. The fraction of sp³-hybridized carbons (Fsp3) is 0.857. The molecule has 4 atom stereocenters. The normalized spacial score (nSPS) is 27.8. The molecule has 1 rings (SSSR count). The smallest absolute Gasteiger partial charge is 0.405 e. The second-order valence-corrected chi connectivity index (χ2v) is 6.20. The summed E-state index contributed by atoms with van der Waals surface area (Å²) in [6, 6.07) is -0.839. The zero-order valence-electron chi connectivity index (χ0n) is 12.9. The number of nitrogens with one attached hydrogen (secondary N) is 3. The highest BCUT2D eigenvalue weighted by molar-refractivity contribution is 5.85. The number of carbonyl (C=O) groups excluding carboxylic acids is 1. The summed E-state index contributed by atoms with van der Waals surface area (Å²) in [5.41, 5.74) is 0. The van der Waals surface area contributed by atoms with Crippen LogP contribution in [0.4, 0.5) is 4.79 Å². The van der Waals surface area contributed by atoms with Crippen LogP contribution in [0.15, 0.2) is 0 Å². The van der Waals surface area contributed by atoms with Gasteiger partial charge in [0.15, 0.2) is 0 Å². The van der Waals surface area contributed by atoms with Gasteiger partial charge in [0.1, 0.15) is 6.04 Å². The summed E-state index contributed by atoms with van der Waals surface area (Å²) in [4.78, 5) is 23.1. The summed E-state index contributed by atoms with van der Waals surface area (Å²) in [6.07, 6.45) is 0.0670. The molecule has 1 aliphatic heterocycles. The van der Waals surface area contributed by atoms with Gasteiger partial charge >= 0.3 is 6.09 Å². The van der Waals surface area contributed by atoms with Crippen LogP contribution in [0.3, 0.4) is 0 Å². The quantitative estimate of drug-likeness (QED) is 0.501. The van der Waals surface area contributed by atoms with Gasteiger partial charge < -0.3 is 26.2 Å². The van der Waals surface area contributed by atoms with Crippen molar-refractivity contribution in [2.45, 2.75) is 64.3 Å². The van der Waals surface area contributed by atoms with Crippen molar-refractivity contribution < 1.29 is 19.8 Å². The van der Waals surface area contributed by atoms with E-state index < -0.39 is 18.2 Å². The molecule has 7 nitrogen and oxygen atoms in total. The van der Waals surface area contributed by atoms with Gasteiger partial charge in [-0.05, 0) is 32.1 Å². The summed E-state index contributed by atoms with van der Waals surface area (Å²) in [6.45, 7) is 6.31. The van der Waals surface area contributed by atoms with Crippen molar-refractivity contribution in [1.29, 1.82) is 0 Å². The van der Waals surface area contributed by atoms with Crippen molar-refractivity contribution in [3.8, 4) is 0 Å². The van der Waals surface area contributed by atoms with E-state index in [0.717, 1.165) is 6.42 Å². The largest absolute Gasteiger partial charge is 0.465 e. The van der Waals surface area contributed by atoms with E-state index in [2.05, 4.69) is 16.0 Å². The molecule has 2 amide bonds. The molecule has 1 saturated heterocycles. The number of rotatable bonds is 5. The third kappa shape index (κ3) is 6.31. The average Bonchev–Trinajstić information content (AvgIpc) is 2.52. The maximum atomic E-state index is 12.3. The molecule has 122 valence electrons. The average molecular weight is 301 g/mol. The molecule has 5 N–H and O–H groups in total. The Labute approximate surface area is 125 Å². The number of carbonyl (C=O) groups is 2. The van der Waals surface area contributed by atoms with E-state index in [1.165, 1.54) is 0 Å². The third-order valence-corrected chi connectivity index (χ3v) is 3.70. The Hall–Kier alpha value is -1.34. The lowest BCUT2D eigenvalue weighted by Gasteiger charge is -2.25. The molecule has 21 heavy (non-hydrogen) atoms. The zero-order chi connectivity index (χ0) is 16.0. The van der Waals surface area contributed by atoms with Crippen LogP contribution in [0, 0.1) is 5.92 Å². The topological polar surface area (TPSA) is 111 Å². The first-order valence-electron chi connectivity index (χ1n) is 7.50. The van der Waals surface area contributed by atoms with Crippen molar-refractivity contribution in [1.82, 2.24) is 16.0 Å². The predicted octanol–water partition coefficient (Wildman–Crippen LogP) is 0.286. The molecule has 0 aromatic rings. The Morgan fingerprint density at radius 1 is 1.33 bits per heavy atom. The summed E-state index contributed by atoms with van der Waals surface area (Å²) in [7, 11) is 0. The van der Waals surface area contributed by atoms with Crippen LogP contribution < -0.4 is 16.0 Å². The molecular weight excluding hydrogens is 274 g/mol. The number of aliphatic hydroxyl groups is 1. The maximum Gasteiger partial charge on any atom is 0.405 e. The molecule has 1 aliphatic rings. The Morgan fingerprint density at radius 3 is 2.57 bits per heavy atom. The van der Waals surface area contributed by atoms with Gasteiger partial charge in [-0.1, -0.05) is 13.8 Å². The van der Waals surface area contributed by atoms with E-state index in [1.54, 1.807) is 0 Å². The molecule has 0 aromatic heterocycles. The summed E-state index contributed by atoms with van der Waals surface area (Å²) >= 11 is 0. The Kier molecular flexibility index (Phi) is 6.91. The van der Waals surface area contributed by atoms with Crippen molar-refractivity contribution in [3.05, 3.63) is 0 Å². The first-order valence-corrected chi connectivity index (χ1v) is 7.50. The van der Waals surface area contributed by atoms with E-state index in [1.807, 2.05) is 20.8 Å². The summed E-state index contributed by atoms with van der Waals surface area (Å²) < 4.78 is 0. The summed E-state index contributed by atoms with van der Waals surface area (Å²) in [5.74, 6) is -0.182. The minimum atomic E-state index is -1.22. The molecule has 0 unspecified atom stereocenters. The lowest BCUT2D eigenvalue weighted by atomic mass is 10.0.